The third-order valence-electron chi connectivity index (χ3n) is 7.26. The highest BCUT2D eigenvalue weighted by atomic mass is 16.7. The molecule has 0 bridgehead atoms. The summed E-state index contributed by atoms with van der Waals surface area (Å²) in [4.78, 5) is 0. The minimum absolute atomic E-state index is 0.0532. The molecule has 0 aliphatic carbocycles. The average Bonchev–Trinajstić information content (AvgIpc) is 3.43. The maximum atomic E-state index is 10.7. The molecule has 0 amide bonds. The molecule has 0 saturated carbocycles. The Morgan fingerprint density at radius 2 is 1.53 bits per heavy atom. The topological polar surface area (TPSA) is 66.4 Å². The lowest BCUT2D eigenvalue weighted by Crippen LogP contribution is -2.33. The molecule has 2 saturated heterocycles. The minimum atomic E-state index is -0.476. The Balaban J connectivity index is 1.59. The van der Waals surface area contributed by atoms with E-state index in [1.165, 1.54) is 57.8 Å². The molecule has 2 aliphatic heterocycles. The van der Waals surface area contributed by atoms with Gasteiger partial charge in [0.05, 0.1) is 37.1 Å². The number of ether oxygens (including phenoxy) is 5. The number of rotatable bonds is 20. The summed E-state index contributed by atoms with van der Waals surface area (Å²) in [6, 6.07) is 0. The Morgan fingerprint density at radius 3 is 2.15 bits per heavy atom. The Kier molecular flexibility index (Phi) is 15.2. The standard InChI is InChI=1S/C28H54O6/c1-5-6-7-8-9-10-11-12-13-14-18-26(31-22-30-4)27-20-19-25(33-27)24(29)17-15-16-23-21-32-28(2,3)34-23/h23-27,29H,5-22H2,1-4H3/t23-,24+,25-,26-,27-/m1/s1. The molecule has 6 nitrogen and oxygen atoms in total. The average molecular weight is 487 g/mol. The van der Waals surface area contributed by atoms with E-state index in [0.717, 1.165) is 44.9 Å². The molecule has 6 heteroatoms. The molecule has 0 unspecified atom stereocenters. The number of hydrogen-bond donors (Lipinski definition) is 1. The van der Waals surface area contributed by atoms with Crippen molar-refractivity contribution in [3.63, 3.8) is 0 Å². The molecule has 0 aromatic heterocycles. The molecule has 2 heterocycles. The van der Waals surface area contributed by atoms with E-state index in [9.17, 15) is 5.11 Å². The van der Waals surface area contributed by atoms with Crippen LogP contribution < -0.4 is 0 Å². The molecule has 0 spiro atoms. The Bertz CT molecular complexity index is 499. The van der Waals surface area contributed by atoms with E-state index in [1.807, 2.05) is 13.8 Å². The first kappa shape index (κ1) is 30.0. The fourth-order valence-corrected chi connectivity index (χ4v) is 5.26. The summed E-state index contributed by atoms with van der Waals surface area (Å²) in [7, 11) is 1.67. The summed E-state index contributed by atoms with van der Waals surface area (Å²) in [6.07, 6.45) is 18.5. The lowest BCUT2D eigenvalue weighted by Gasteiger charge is -2.25. The normalized spacial score (nSPS) is 26.2. The van der Waals surface area contributed by atoms with Crippen LogP contribution in [-0.4, -0.2) is 61.9 Å². The maximum absolute atomic E-state index is 10.7. The van der Waals surface area contributed by atoms with Crippen LogP contribution in [0.2, 0.25) is 0 Å². The van der Waals surface area contributed by atoms with E-state index in [1.54, 1.807) is 7.11 Å². The van der Waals surface area contributed by atoms with Gasteiger partial charge in [-0.05, 0) is 52.4 Å². The monoisotopic (exact) mass is 486 g/mol. The third-order valence-corrected chi connectivity index (χ3v) is 7.26. The summed E-state index contributed by atoms with van der Waals surface area (Å²) < 4.78 is 29.0. The first-order valence-corrected chi connectivity index (χ1v) is 14.2. The molecule has 0 aromatic carbocycles. The molecular weight excluding hydrogens is 432 g/mol. The highest BCUT2D eigenvalue weighted by Gasteiger charge is 2.36. The van der Waals surface area contributed by atoms with Gasteiger partial charge < -0.3 is 28.8 Å². The van der Waals surface area contributed by atoms with Gasteiger partial charge in [0.25, 0.3) is 0 Å². The third kappa shape index (κ3) is 12.1. The smallest absolute Gasteiger partial charge is 0.163 e. The van der Waals surface area contributed by atoms with Gasteiger partial charge in [0.2, 0.25) is 0 Å². The largest absolute Gasteiger partial charge is 0.390 e. The van der Waals surface area contributed by atoms with Gasteiger partial charge in [-0.25, -0.2) is 0 Å². The van der Waals surface area contributed by atoms with Gasteiger partial charge in [-0.1, -0.05) is 71.1 Å². The van der Waals surface area contributed by atoms with E-state index in [0.29, 0.717) is 13.4 Å². The van der Waals surface area contributed by atoms with Crippen molar-refractivity contribution >= 4 is 0 Å². The molecule has 2 fully saturated rings. The van der Waals surface area contributed by atoms with E-state index < -0.39 is 11.9 Å². The molecule has 0 aromatic rings. The SMILES string of the molecule is CCCCCCCCCCCC[C@@H](OCOC)[C@H]1CC[C@H]([C@@H](O)CCC[C@@H]2COC(C)(C)O2)O1. The van der Waals surface area contributed by atoms with Crippen LogP contribution in [0.15, 0.2) is 0 Å². The molecule has 0 radical (unpaired) electrons. The summed E-state index contributed by atoms with van der Waals surface area (Å²) >= 11 is 0. The fraction of sp³-hybridized carbons (Fsp3) is 1.00. The molecule has 34 heavy (non-hydrogen) atoms. The van der Waals surface area contributed by atoms with Gasteiger partial charge in [-0.15, -0.1) is 0 Å². The summed E-state index contributed by atoms with van der Waals surface area (Å²) in [5, 5.41) is 10.7. The van der Waals surface area contributed by atoms with Gasteiger partial charge in [0.1, 0.15) is 6.79 Å². The van der Waals surface area contributed by atoms with Crippen molar-refractivity contribution < 1.29 is 28.8 Å². The van der Waals surface area contributed by atoms with E-state index in [4.69, 9.17) is 23.7 Å². The van der Waals surface area contributed by atoms with Crippen molar-refractivity contribution in [2.24, 2.45) is 0 Å². The second-order valence-corrected chi connectivity index (χ2v) is 10.8. The van der Waals surface area contributed by atoms with Crippen molar-refractivity contribution in [3.05, 3.63) is 0 Å². The number of unbranched alkanes of at least 4 members (excludes halogenated alkanes) is 9. The van der Waals surface area contributed by atoms with Crippen molar-refractivity contribution in [1.29, 1.82) is 0 Å². The Morgan fingerprint density at radius 1 is 0.882 bits per heavy atom. The van der Waals surface area contributed by atoms with Crippen molar-refractivity contribution in [2.45, 2.75) is 160 Å². The fourth-order valence-electron chi connectivity index (χ4n) is 5.26. The lowest BCUT2D eigenvalue weighted by molar-refractivity contribution is -0.141. The lowest BCUT2D eigenvalue weighted by atomic mass is 10.00. The van der Waals surface area contributed by atoms with Gasteiger partial charge in [-0.3, -0.25) is 0 Å². The summed E-state index contributed by atoms with van der Waals surface area (Å²) in [6.45, 7) is 7.11. The number of hydrogen-bond acceptors (Lipinski definition) is 6. The van der Waals surface area contributed by atoms with Crippen molar-refractivity contribution in [3.8, 4) is 0 Å². The number of aliphatic hydroxyl groups is 1. The van der Waals surface area contributed by atoms with Gasteiger partial charge in [0.15, 0.2) is 5.79 Å². The zero-order chi connectivity index (χ0) is 24.7. The van der Waals surface area contributed by atoms with E-state index in [2.05, 4.69) is 6.92 Å². The van der Waals surface area contributed by atoms with E-state index in [-0.39, 0.29) is 24.4 Å². The van der Waals surface area contributed by atoms with Crippen LogP contribution >= 0.6 is 0 Å². The maximum Gasteiger partial charge on any atom is 0.163 e. The molecular formula is C28H54O6. The predicted octanol–water partition coefficient (Wildman–Crippen LogP) is 6.52. The number of aliphatic hydroxyl groups excluding tert-OH is 1. The second kappa shape index (κ2) is 17.3. The molecule has 202 valence electrons. The van der Waals surface area contributed by atoms with Crippen LogP contribution in [0.5, 0.6) is 0 Å². The van der Waals surface area contributed by atoms with Crippen LogP contribution in [0.25, 0.3) is 0 Å². The van der Waals surface area contributed by atoms with Gasteiger partial charge in [0, 0.05) is 7.11 Å². The molecule has 2 aliphatic rings. The van der Waals surface area contributed by atoms with Crippen LogP contribution in [0, 0.1) is 0 Å². The highest BCUT2D eigenvalue weighted by Crippen LogP contribution is 2.31. The van der Waals surface area contributed by atoms with Crippen LogP contribution in [0.3, 0.4) is 0 Å². The summed E-state index contributed by atoms with van der Waals surface area (Å²) in [5.74, 6) is -0.476. The Labute approximate surface area is 209 Å². The zero-order valence-corrected chi connectivity index (χ0v) is 22.6. The van der Waals surface area contributed by atoms with Crippen molar-refractivity contribution in [1.82, 2.24) is 0 Å². The van der Waals surface area contributed by atoms with Crippen LogP contribution in [0.4, 0.5) is 0 Å². The number of methoxy groups -OCH3 is 1. The van der Waals surface area contributed by atoms with Gasteiger partial charge in [-0.2, -0.15) is 0 Å². The minimum Gasteiger partial charge on any atom is -0.390 e. The van der Waals surface area contributed by atoms with Crippen molar-refractivity contribution in [2.75, 3.05) is 20.5 Å². The molecule has 5 atom stereocenters. The molecule has 1 N–H and O–H groups in total. The predicted molar refractivity (Wildman–Crippen MR) is 136 cm³/mol. The first-order chi connectivity index (χ1) is 16.4. The van der Waals surface area contributed by atoms with Gasteiger partial charge >= 0.3 is 0 Å². The highest BCUT2D eigenvalue weighted by molar-refractivity contribution is 4.84. The van der Waals surface area contributed by atoms with E-state index >= 15 is 0 Å². The summed E-state index contributed by atoms with van der Waals surface area (Å²) in [5.41, 5.74) is 0. The first-order valence-electron chi connectivity index (χ1n) is 14.2. The second-order valence-electron chi connectivity index (χ2n) is 10.8. The van der Waals surface area contributed by atoms with Crippen LogP contribution in [-0.2, 0) is 23.7 Å². The zero-order valence-electron chi connectivity index (χ0n) is 22.6. The molecule has 2 rings (SSSR count). The Hall–Kier alpha value is -0.240. The van der Waals surface area contributed by atoms with Crippen LogP contribution in [0.1, 0.15) is 124 Å². The quantitative estimate of drug-likeness (QED) is 0.156.